The van der Waals surface area contributed by atoms with E-state index in [0.29, 0.717) is 17.8 Å². The van der Waals surface area contributed by atoms with Gasteiger partial charge in [-0.2, -0.15) is 0 Å². The Morgan fingerprint density at radius 1 is 0.794 bits per heavy atom. The van der Waals surface area contributed by atoms with Gasteiger partial charge < -0.3 is 0 Å². The zero-order valence-corrected chi connectivity index (χ0v) is 19.1. The third-order valence-corrected chi connectivity index (χ3v) is 8.11. The van der Waals surface area contributed by atoms with Crippen LogP contribution in [0.25, 0.3) is 44.5 Å². The number of hydrogen-bond acceptors (Lipinski definition) is 1. The molecule has 5 aromatic rings. The van der Waals surface area contributed by atoms with E-state index in [1.807, 2.05) is 12.3 Å². The monoisotopic (exact) mass is 436 g/mol. The molecule has 0 radical (unpaired) electrons. The number of pyridine rings is 1. The highest BCUT2D eigenvalue weighted by Crippen LogP contribution is 2.52. The summed E-state index contributed by atoms with van der Waals surface area (Å²) in [5, 5.41) is 5.59. The molecule has 2 nitrogen and oxygen atoms in total. The molecule has 2 aromatic heterocycles. The average molecular weight is 437 g/mol. The van der Waals surface area contributed by atoms with Gasteiger partial charge in [-0.1, -0.05) is 73.7 Å². The summed E-state index contributed by atoms with van der Waals surface area (Å²) in [6, 6.07) is 20.2. The van der Waals surface area contributed by atoms with Crippen LogP contribution in [0.2, 0.25) is 0 Å². The van der Waals surface area contributed by atoms with Gasteiger partial charge in [0, 0.05) is 28.8 Å². The predicted octanol–water partition coefficient (Wildman–Crippen LogP) is 7.84. The van der Waals surface area contributed by atoms with Crippen molar-refractivity contribution in [2.75, 3.05) is 0 Å². The summed E-state index contributed by atoms with van der Waals surface area (Å²) in [6.07, 6.45) is 17.0. The maximum atomic E-state index is 4.76. The molecule has 162 valence electrons. The van der Waals surface area contributed by atoms with Crippen molar-refractivity contribution in [2.45, 2.75) is 25.2 Å². The van der Waals surface area contributed by atoms with Gasteiger partial charge in [0.05, 0.1) is 11.0 Å². The maximum Gasteiger partial charge on any atom is 0.137 e. The van der Waals surface area contributed by atoms with E-state index in [1.54, 1.807) is 0 Å². The van der Waals surface area contributed by atoms with E-state index in [1.165, 1.54) is 54.8 Å². The van der Waals surface area contributed by atoms with Crippen molar-refractivity contribution in [3.63, 3.8) is 0 Å². The van der Waals surface area contributed by atoms with Gasteiger partial charge in [0.25, 0.3) is 0 Å². The molecule has 0 bridgehead atoms. The minimum Gasteiger partial charge on any atom is -0.294 e. The normalized spacial score (nSPS) is 22.1. The van der Waals surface area contributed by atoms with Crippen LogP contribution in [0, 0.1) is 5.92 Å². The third-order valence-electron chi connectivity index (χ3n) is 8.11. The molecule has 3 aliphatic rings. The zero-order valence-electron chi connectivity index (χ0n) is 19.1. The first kappa shape index (κ1) is 18.5. The van der Waals surface area contributed by atoms with Crippen molar-refractivity contribution in [3.8, 4) is 5.82 Å². The summed E-state index contributed by atoms with van der Waals surface area (Å²) in [7, 11) is 0. The number of rotatable bonds is 1. The van der Waals surface area contributed by atoms with Gasteiger partial charge in [0.1, 0.15) is 5.82 Å². The van der Waals surface area contributed by atoms with Gasteiger partial charge in [-0.3, -0.25) is 4.57 Å². The van der Waals surface area contributed by atoms with Crippen LogP contribution in [-0.4, -0.2) is 9.55 Å². The Balaban J connectivity index is 1.64. The average Bonchev–Trinajstić information content (AvgIpc) is 3.16. The number of hydrogen-bond donors (Lipinski definition) is 0. The second kappa shape index (κ2) is 6.57. The molecule has 34 heavy (non-hydrogen) atoms. The molecule has 2 heteroatoms. The summed E-state index contributed by atoms with van der Waals surface area (Å²) >= 11 is 0. The van der Waals surface area contributed by atoms with E-state index in [-0.39, 0.29) is 0 Å². The van der Waals surface area contributed by atoms with Crippen molar-refractivity contribution in [3.05, 3.63) is 113 Å². The molecule has 0 N–H and O–H groups in total. The minimum absolute atomic E-state index is 0.335. The molecule has 0 amide bonds. The molecule has 0 fully saturated rings. The SMILES string of the molecule is CC1C=Cc2c(cc3c4c2ccc2c4c4c(cccc4n2-c2ccccn2)C2C=CC=CC32)C1. The summed E-state index contributed by atoms with van der Waals surface area (Å²) < 4.78 is 2.36. The quantitative estimate of drug-likeness (QED) is 0.262. The fraction of sp³-hybridized carbons (Fsp3) is 0.156. The van der Waals surface area contributed by atoms with Gasteiger partial charge in [0.15, 0.2) is 0 Å². The lowest BCUT2D eigenvalue weighted by atomic mass is 9.76. The first-order valence-electron chi connectivity index (χ1n) is 12.3. The lowest BCUT2D eigenvalue weighted by Crippen LogP contribution is -2.12. The van der Waals surface area contributed by atoms with Gasteiger partial charge >= 0.3 is 0 Å². The molecule has 0 spiro atoms. The van der Waals surface area contributed by atoms with Crippen LogP contribution >= 0.6 is 0 Å². The minimum atomic E-state index is 0.335. The summed E-state index contributed by atoms with van der Waals surface area (Å²) in [6.45, 7) is 2.32. The van der Waals surface area contributed by atoms with Crippen LogP contribution < -0.4 is 0 Å². The van der Waals surface area contributed by atoms with E-state index < -0.39 is 0 Å². The zero-order chi connectivity index (χ0) is 22.4. The first-order valence-corrected chi connectivity index (χ1v) is 12.3. The highest BCUT2D eigenvalue weighted by atomic mass is 15.1. The number of fused-ring (bicyclic) bond motifs is 5. The second-order valence-corrected chi connectivity index (χ2v) is 10.0. The fourth-order valence-electron chi connectivity index (χ4n) is 6.73. The lowest BCUT2D eigenvalue weighted by Gasteiger charge is -2.27. The fourth-order valence-corrected chi connectivity index (χ4v) is 6.73. The van der Waals surface area contributed by atoms with Crippen molar-refractivity contribution in [1.82, 2.24) is 9.55 Å². The summed E-state index contributed by atoms with van der Waals surface area (Å²) in [5.41, 5.74) is 8.29. The number of allylic oxidation sites excluding steroid dienone is 5. The molecule has 3 unspecified atom stereocenters. The summed E-state index contributed by atoms with van der Waals surface area (Å²) in [4.78, 5) is 4.76. The largest absolute Gasteiger partial charge is 0.294 e. The lowest BCUT2D eigenvalue weighted by molar-refractivity contribution is 0.710. The molecule has 0 aliphatic heterocycles. The van der Waals surface area contributed by atoms with Crippen molar-refractivity contribution >= 4 is 38.7 Å². The van der Waals surface area contributed by atoms with Crippen LogP contribution in [-0.2, 0) is 6.42 Å². The second-order valence-electron chi connectivity index (χ2n) is 10.0. The molecule has 3 aliphatic carbocycles. The Labute approximate surface area is 198 Å². The smallest absolute Gasteiger partial charge is 0.137 e. The van der Waals surface area contributed by atoms with Crippen molar-refractivity contribution < 1.29 is 0 Å². The Hall–Kier alpha value is -3.91. The Morgan fingerprint density at radius 2 is 1.65 bits per heavy atom. The Bertz CT molecular complexity index is 1750. The van der Waals surface area contributed by atoms with Crippen LogP contribution in [0.15, 0.2) is 91.2 Å². The van der Waals surface area contributed by atoms with Gasteiger partial charge in [-0.15, -0.1) is 0 Å². The van der Waals surface area contributed by atoms with Crippen LogP contribution in [0.4, 0.5) is 0 Å². The number of aromatic nitrogens is 2. The molecule has 0 saturated carbocycles. The molecular formula is C32H24N2. The van der Waals surface area contributed by atoms with Crippen LogP contribution in [0.3, 0.4) is 0 Å². The number of benzene rings is 3. The molecule has 8 rings (SSSR count). The molecule has 2 heterocycles. The van der Waals surface area contributed by atoms with Crippen LogP contribution in [0.5, 0.6) is 0 Å². The molecule has 0 saturated heterocycles. The Morgan fingerprint density at radius 3 is 2.50 bits per heavy atom. The van der Waals surface area contributed by atoms with E-state index in [4.69, 9.17) is 4.98 Å². The van der Waals surface area contributed by atoms with E-state index in [2.05, 4.69) is 96.5 Å². The van der Waals surface area contributed by atoms with Gasteiger partial charge in [-0.25, -0.2) is 4.98 Å². The van der Waals surface area contributed by atoms with Crippen molar-refractivity contribution in [2.24, 2.45) is 5.92 Å². The highest BCUT2D eigenvalue weighted by molar-refractivity contribution is 6.25. The topological polar surface area (TPSA) is 17.8 Å². The standard InChI is InChI=1S/C32H24N2/c1-19-12-13-21-20(17-19)18-26-23-8-3-2-7-22(23)24-9-6-10-27-31(24)32-28(15-14-25(21)30(26)32)34(27)29-11-4-5-16-33-29/h2-16,18-19,22-23H,17H2,1H3. The first-order chi connectivity index (χ1) is 16.8. The van der Waals surface area contributed by atoms with E-state index in [9.17, 15) is 0 Å². The summed E-state index contributed by atoms with van der Waals surface area (Å²) in [5.74, 6) is 2.24. The van der Waals surface area contributed by atoms with Crippen molar-refractivity contribution in [1.29, 1.82) is 0 Å². The molecule has 3 atom stereocenters. The van der Waals surface area contributed by atoms with Gasteiger partial charge in [0.2, 0.25) is 0 Å². The highest BCUT2D eigenvalue weighted by Gasteiger charge is 2.33. The molecular weight excluding hydrogens is 412 g/mol. The molecule has 3 aromatic carbocycles. The van der Waals surface area contributed by atoms with Gasteiger partial charge in [-0.05, 0) is 69.6 Å². The Kier molecular flexibility index (Phi) is 3.58. The van der Waals surface area contributed by atoms with Crippen LogP contribution in [0.1, 0.15) is 41.0 Å². The number of nitrogens with zero attached hydrogens (tertiary/aromatic N) is 2. The third kappa shape index (κ3) is 2.28. The predicted molar refractivity (Wildman–Crippen MR) is 142 cm³/mol. The maximum absolute atomic E-state index is 4.76. The van der Waals surface area contributed by atoms with E-state index in [0.717, 1.165) is 12.2 Å². The van der Waals surface area contributed by atoms with E-state index >= 15 is 0 Å².